The molecule has 0 atom stereocenters. The molecule has 0 amide bonds. The minimum Gasteiger partial charge on any atom is -0.376 e. The molecular formula is C59H59F2N17. The monoisotopic (exact) mass is 1040 g/mol. The molecule has 17 nitrogen and oxygen atoms in total. The molecule has 19 heteroatoms. The van der Waals surface area contributed by atoms with Crippen molar-refractivity contribution in [3.63, 3.8) is 0 Å². The number of benzene rings is 2. The zero-order valence-corrected chi connectivity index (χ0v) is 44.5. The van der Waals surface area contributed by atoms with Gasteiger partial charge in [0.2, 0.25) is 0 Å². The Morgan fingerprint density at radius 1 is 0.526 bits per heavy atom. The smallest absolute Gasteiger partial charge is 0.159 e. The molecular weight excluding hydrogens is 985 g/mol. The second-order valence-electron chi connectivity index (χ2n) is 19.0. The van der Waals surface area contributed by atoms with Crippen LogP contribution in [0, 0.1) is 11.6 Å². The lowest BCUT2D eigenvalue weighted by molar-refractivity contribution is 0.400. The minimum atomic E-state index is -0.285. The number of anilines is 1. The molecule has 2 aromatic carbocycles. The van der Waals surface area contributed by atoms with E-state index in [9.17, 15) is 8.78 Å². The van der Waals surface area contributed by atoms with Gasteiger partial charge in [0.05, 0.1) is 69.1 Å². The number of hydrogen-bond acceptors (Lipinski definition) is 13. The number of nitrogens with zero attached hydrogens (tertiary/aromatic N) is 12. The van der Waals surface area contributed by atoms with Gasteiger partial charge in [-0.25, -0.2) is 18.7 Å². The van der Waals surface area contributed by atoms with Crippen LogP contribution in [-0.2, 0) is 12.8 Å². The summed E-state index contributed by atoms with van der Waals surface area (Å²) in [5.74, 6) is 0.628. The van der Waals surface area contributed by atoms with Gasteiger partial charge < -0.3 is 25.1 Å². The number of pyridine rings is 6. The van der Waals surface area contributed by atoms with Crippen LogP contribution in [0.5, 0.6) is 0 Å². The highest BCUT2D eigenvalue weighted by Gasteiger charge is 2.20. The van der Waals surface area contributed by atoms with E-state index in [1.807, 2.05) is 115 Å². The first-order chi connectivity index (χ1) is 38.0. The van der Waals surface area contributed by atoms with E-state index >= 15 is 0 Å². The third-order valence-electron chi connectivity index (χ3n) is 13.1. The fraction of sp³-hybridized carbons (Fsp3) is 0.220. The topological polar surface area (TPSA) is 211 Å². The van der Waals surface area contributed by atoms with E-state index in [1.165, 1.54) is 12.1 Å². The standard InChI is InChI=1S/C29H28FN9.C28H25FN8.C2H6/c1-31-7-4-5-17-9-18(11-20(30)10-17)26-28-23(6-8-33-26)35-29(36-28)27-22-13-24(34-16-25(22)37-38-27)19-12-21(39(2)3)15-32-14-19;1-37(2)10-4-5-17-11-19(13-20(29)12-17)25-27-22(7-9-31-25)33-28(34-27)26-21-14-23(18-6-3-8-30-15-18)32-16-24(21)35-36-26;1-2/h6,8-16,31H,4-5,7H2,1-3H3,(H,35,36)(H,37,38);3,6-9,11-16H,4-5,10H2,1-2H3,(H,33,34)(H,35,36);1-2H3. The number of aromatic amines is 4. The molecule has 5 N–H and O–H groups in total. The van der Waals surface area contributed by atoms with Crippen LogP contribution in [0.4, 0.5) is 14.5 Å². The summed E-state index contributed by atoms with van der Waals surface area (Å²) in [5.41, 5.74) is 14.8. The maximum Gasteiger partial charge on any atom is 0.159 e. The van der Waals surface area contributed by atoms with E-state index in [0.29, 0.717) is 56.6 Å². The molecule has 12 rings (SSSR count). The lowest BCUT2D eigenvalue weighted by Crippen LogP contribution is -2.13. The second kappa shape index (κ2) is 23.4. The number of aromatic nitrogens is 14. The predicted octanol–water partition coefficient (Wildman–Crippen LogP) is 11.3. The zero-order valence-electron chi connectivity index (χ0n) is 44.5. The number of aryl methyl sites for hydroxylation is 2. The third kappa shape index (κ3) is 11.3. The maximum absolute atomic E-state index is 14.6. The van der Waals surface area contributed by atoms with Crippen LogP contribution < -0.4 is 10.2 Å². The first kappa shape index (κ1) is 52.3. The highest BCUT2D eigenvalue weighted by Crippen LogP contribution is 2.35. The van der Waals surface area contributed by atoms with Gasteiger partial charge in [-0.1, -0.05) is 13.8 Å². The van der Waals surface area contributed by atoms with E-state index in [1.54, 1.807) is 55.5 Å². The number of imidazole rings is 2. The Hall–Kier alpha value is -9.20. The van der Waals surface area contributed by atoms with Gasteiger partial charge in [-0.3, -0.25) is 40.1 Å². The Morgan fingerprint density at radius 2 is 1.08 bits per heavy atom. The minimum absolute atomic E-state index is 0.277. The summed E-state index contributed by atoms with van der Waals surface area (Å²) in [7, 11) is 9.94. The molecule has 0 aliphatic rings. The van der Waals surface area contributed by atoms with Gasteiger partial charge in [-0.05, 0) is 150 Å². The molecule has 10 heterocycles. The van der Waals surface area contributed by atoms with Gasteiger partial charge in [0.25, 0.3) is 0 Å². The molecule has 0 aliphatic carbocycles. The van der Waals surface area contributed by atoms with Crippen molar-refractivity contribution in [1.82, 2.24) is 80.5 Å². The molecule has 0 bridgehead atoms. The Labute approximate surface area is 449 Å². The van der Waals surface area contributed by atoms with E-state index in [0.717, 1.165) is 111 Å². The van der Waals surface area contributed by atoms with Gasteiger partial charge in [0.15, 0.2) is 11.6 Å². The molecule has 78 heavy (non-hydrogen) atoms. The summed E-state index contributed by atoms with van der Waals surface area (Å²) in [6.45, 7) is 5.81. The van der Waals surface area contributed by atoms with Crippen molar-refractivity contribution in [2.24, 2.45) is 0 Å². The number of fused-ring (bicyclic) bond motifs is 4. The van der Waals surface area contributed by atoms with Gasteiger partial charge in [-0.2, -0.15) is 10.2 Å². The highest BCUT2D eigenvalue weighted by atomic mass is 19.1. The molecule has 0 unspecified atom stereocenters. The van der Waals surface area contributed by atoms with Crippen molar-refractivity contribution in [3.05, 3.63) is 151 Å². The van der Waals surface area contributed by atoms with Crippen LogP contribution in [0.25, 0.3) is 112 Å². The molecule has 394 valence electrons. The van der Waals surface area contributed by atoms with Crippen molar-refractivity contribution in [3.8, 4) is 68.1 Å². The van der Waals surface area contributed by atoms with E-state index in [2.05, 4.69) is 70.5 Å². The lowest BCUT2D eigenvalue weighted by atomic mass is 10.0. The van der Waals surface area contributed by atoms with Crippen molar-refractivity contribution >= 4 is 49.6 Å². The molecule has 0 saturated heterocycles. The summed E-state index contributed by atoms with van der Waals surface area (Å²) in [4.78, 5) is 47.5. The van der Waals surface area contributed by atoms with Crippen LogP contribution in [-0.4, -0.2) is 123 Å². The first-order valence-electron chi connectivity index (χ1n) is 25.9. The quantitative estimate of drug-likeness (QED) is 0.0606. The Bertz CT molecular complexity index is 4010. The van der Waals surface area contributed by atoms with E-state index in [4.69, 9.17) is 9.97 Å². The van der Waals surface area contributed by atoms with E-state index < -0.39 is 0 Å². The Balaban J connectivity index is 0.000000171. The lowest BCUT2D eigenvalue weighted by Gasteiger charge is -2.12. The number of nitrogens with one attached hydrogen (secondary N) is 5. The van der Waals surface area contributed by atoms with Crippen LogP contribution in [0.3, 0.4) is 0 Å². The van der Waals surface area contributed by atoms with Crippen LogP contribution >= 0.6 is 0 Å². The Morgan fingerprint density at radius 3 is 1.60 bits per heavy atom. The molecule has 0 aliphatic heterocycles. The summed E-state index contributed by atoms with van der Waals surface area (Å²) in [5, 5.41) is 20.1. The van der Waals surface area contributed by atoms with Gasteiger partial charge in [-0.15, -0.1) is 0 Å². The van der Waals surface area contributed by atoms with Crippen molar-refractivity contribution in [2.75, 3.05) is 53.2 Å². The number of halogens is 2. The Kier molecular flexibility index (Phi) is 15.6. The first-order valence-corrected chi connectivity index (χ1v) is 25.9. The average Bonchev–Trinajstić information content (AvgIpc) is 4.47. The van der Waals surface area contributed by atoms with E-state index in [-0.39, 0.29) is 11.6 Å². The van der Waals surface area contributed by atoms with Crippen molar-refractivity contribution in [1.29, 1.82) is 0 Å². The molecule has 12 aromatic rings. The normalized spacial score (nSPS) is 11.4. The molecule has 0 saturated carbocycles. The fourth-order valence-electron chi connectivity index (χ4n) is 9.29. The van der Waals surface area contributed by atoms with Crippen LogP contribution in [0.15, 0.2) is 128 Å². The fourth-order valence-corrected chi connectivity index (χ4v) is 9.29. The number of hydrogen-bond donors (Lipinski definition) is 5. The maximum atomic E-state index is 14.6. The predicted molar refractivity (Wildman–Crippen MR) is 306 cm³/mol. The molecule has 0 radical (unpaired) electrons. The summed E-state index contributed by atoms with van der Waals surface area (Å²) < 4.78 is 29.2. The number of rotatable bonds is 15. The van der Waals surface area contributed by atoms with Crippen LogP contribution in [0.2, 0.25) is 0 Å². The third-order valence-corrected chi connectivity index (χ3v) is 13.1. The second-order valence-corrected chi connectivity index (χ2v) is 19.0. The summed E-state index contributed by atoms with van der Waals surface area (Å²) in [6, 6.07) is 23.8. The molecule has 0 spiro atoms. The highest BCUT2D eigenvalue weighted by molar-refractivity contribution is 5.98. The number of H-pyrrole nitrogens is 4. The largest absolute Gasteiger partial charge is 0.376 e. The van der Waals surface area contributed by atoms with Crippen molar-refractivity contribution in [2.45, 2.75) is 39.5 Å². The van der Waals surface area contributed by atoms with Gasteiger partial charge in [0.1, 0.15) is 34.1 Å². The average molecular weight is 1040 g/mol. The summed E-state index contributed by atoms with van der Waals surface area (Å²) in [6.07, 6.45) is 17.5. The summed E-state index contributed by atoms with van der Waals surface area (Å²) >= 11 is 0. The molecule has 10 aromatic heterocycles. The van der Waals surface area contributed by atoms with Crippen LogP contribution in [0.1, 0.15) is 37.8 Å². The molecule has 0 fully saturated rings. The SMILES string of the molecule is CC.CN(C)CCCc1cc(F)cc(-c2nccc3[nH]c(-c4n[nH]c5cnc(-c6cccnc6)cc45)nc23)c1.CNCCCc1cc(F)cc(-c2nccc3[nH]c(-c4n[nH]c5cnc(-c6cncc(N(C)C)c6)cc45)nc23)c1. The van der Waals surface area contributed by atoms with Gasteiger partial charge >= 0.3 is 0 Å². The van der Waals surface area contributed by atoms with Crippen molar-refractivity contribution < 1.29 is 8.78 Å². The zero-order chi connectivity index (χ0) is 54.3. The van der Waals surface area contributed by atoms with Gasteiger partial charge in [0, 0.05) is 78.1 Å².